The van der Waals surface area contributed by atoms with E-state index in [1.165, 1.54) is 16.8 Å². The fraction of sp³-hybridized carbons (Fsp3) is 0.667. The van der Waals surface area contributed by atoms with Crippen molar-refractivity contribution in [2.45, 2.75) is 33.1 Å². The second-order valence-corrected chi connectivity index (χ2v) is 5.10. The molecule has 7 nitrogen and oxygen atoms in total. The van der Waals surface area contributed by atoms with E-state index in [0.29, 0.717) is 0 Å². The van der Waals surface area contributed by atoms with Gasteiger partial charge in [0.1, 0.15) is 12.0 Å². The maximum absolute atomic E-state index is 11.7. The SMILES string of the molecule is CC(O[C@H](CO)C(C)(C)CO)n1ccc(N)nc1=O. The predicted octanol–water partition coefficient (Wildman–Crippen LogP) is -0.260. The van der Waals surface area contributed by atoms with Gasteiger partial charge in [0, 0.05) is 11.6 Å². The Morgan fingerprint density at radius 3 is 2.63 bits per heavy atom. The lowest BCUT2D eigenvalue weighted by molar-refractivity contribution is -0.128. The van der Waals surface area contributed by atoms with E-state index in [0.717, 1.165) is 0 Å². The lowest BCUT2D eigenvalue weighted by Gasteiger charge is -2.33. The van der Waals surface area contributed by atoms with E-state index >= 15 is 0 Å². The van der Waals surface area contributed by atoms with Gasteiger partial charge in [0.25, 0.3) is 0 Å². The van der Waals surface area contributed by atoms with E-state index in [-0.39, 0.29) is 19.0 Å². The molecular weight excluding hydrogens is 250 g/mol. The Morgan fingerprint density at radius 1 is 1.53 bits per heavy atom. The van der Waals surface area contributed by atoms with Crippen LogP contribution in [0.4, 0.5) is 5.82 Å². The zero-order chi connectivity index (χ0) is 14.6. The number of nitrogens with zero attached hydrogens (tertiary/aromatic N) is 2. The van der Waals surface area contributed by atoms with Crippen LogP contribution in [0.1, 0.15) is 27.0 Å². The van der Waals surface area contributed by atoms with Crippen molar-refractivity contribution in [3.05, 3.63) is 22.7 Å². The molecule has 0 aromatic carbocycles. The van der Waals surface area contributed by atoms with Gasteiger partial charge in [-0.1, -0.05) is 13.8 Å². The Morgan fingerprint density at radius 2 is 2.16 bits per heavy atom. The van der Waals surface area contributed by atoms with Gasteiger partial charge in [-0.3, -0.25) is 4.57 Å². The van der Waals surface area contributed by atoms with Crippen LogP contribution >= 0.6 is 0 Å². The van der Waals surface area contributed by atoms with Crippen LogP contribution in [-0.2, 0) is 4.74 Å². The number of aromatic nitrogens is 2. The van der Waals surface area contributed by atoms with Gasteiger partial charge in [0.05, 0.1) is 19.3 Å². The number of hydrogen-bond donors (Lipinski definition) is 3. The molecule has 0 saturated heterocycles. The zero-order valence-corrected chi connectivity index (χ0v) is 11.4. The second kappa shape index (κ2) is 6.14. The molecule has 0 saturated carbocycles. The highest BCUT2D eigenvalue weighted by atomic mass is 16.5. The molecule has 1 rings (SSSR count). The number of anilines is 1. The van der Waals surface area contributed by atoms with Crippen molar-refractivity contribution >= 4 is 5.82 Å². The van der Waals surface area contributed by atoms with Crippen molar-refractivity contribution in [3.8, 4) is 0 Å². The topological polar surface area (TPSA) is 111 Å². The van der Waals surface area contributed by atoms with E-state index in [9.17, 15) is 15.0 Å². The van der Waals surface area contributed by atoms with Crippen molar-refractivity contribution in [1.82, 2.24) is 9.55 Å². The van der Waals surface area contributed by atoms with Crippen molar-refractivity contribution in [2.75, 3.05) is 18.9 Å². The van der Waals surface area contributed by atoms with Crippen LogP contribution in [0.15, 0.2) is 17.1 Å². The first-order chi connectivity index (χ1) is 8.81. The molecule has 0 amide bonds. The van der Waals surface area contributed by atoms with Crippen molar-refractivity contribution in [3.63, 3.8) is 0 Å². The maximum Gasteiger partial charge on any atom is 0.351 e. The summed E-state index contributed by atoms with van der Waals surface area (Å²) in [4.78, 5) is 15.3. The first-order valence-corrected chi connectivity index (χ1v) is 6.03. The highest BCUT2D eigenvalue weighted by Crippen LogP contribution is 2.25. The molecule has 108 valence electrons. The summed E-state index contributed by atoms with van der Waals surface area (Å²) in [5.74, 6) is 0.142. The summed E-state index contributed by atoms with van der Waals surface area (Å²) in [5, 5.41) is 18.6. The standard InChI is InChI=1S/C12H21N3O4/c1-8(15-5-4-10(13)14-11(15)18)19-9(6-16)12(2,3)7-17/h4-5,8-9,16-17H,6-7H2,1-3H3,(H2,13,14,18)/t8?,9-/m1/s1. The summed E-state index contributed by atoms with van der Waals surface area (Å²) >= 11 is 0. The van der Waals surface area contributed by atoms with Crippen LogP contribution in [0.25, 0.3) is 0 Å². The first kappa shape index (κ1) is 15.6. The summed E-state index contributed by atoms with van der Waals surface area (Å²) < 4.78 is 6.90. The Hall–Kier alpha value is -1.44. The molecule has 1 aromatic rings. The summed E-state index contributed by atoms with van der Waals surface area (Å²) in [6, 6.07) is 1.49. The molecule has 0 aliphatic heterocycles. The summed E-state index contributed by atoms with van der Waals surface area (Å²) in [6.07, 6.45) is 0.260. The third-order valence-electron chi connectivity index (χ3n) is 3.05. The van der Waals surface area contributed by atoms with Gasteiger partial charge < -0.3 is 20.7 Å². The number of nitrogen functional groups attached to an aromatic ring is 1. The number of aliphatic hydroxyl groups is 2. The van der Waals surface area contributed by atoms with Gasteiger partial charge in [0.2, 0.25) is 0 Å². The normalized spacial score (nSPS) is 15.2. The van der Waals surface area contributed by atoms with Crippen LogP contribution in [0.3, 0.4) is 0 Å². The highest BCUT2D eigenvalue weighted by Gasteiger charge is 2.31. The summed E-state index contributed by atoms with van der Waals surface area (Å²) in [7, 11) is 0. The molecule has 19 heavy (non-hydrogen) atoms. The van der Waals surface area contributed by atoms with Crippen LogP contribution in [0, 0.1) is 5.41 Å². The molecule has 1 heterocycles. The molecule has 0 fully saturated rings. The second-order valence-electron chi connectivity index (χ2n) is 5.10. The summed E-state index contributed by atoms with van der Waals surface area (Å²) in [6.45, 7) is 4.81. The highest BCUT2D eigenvalue weighted by molar-refractivity contribution is 5.23. The number of ether oxygens (including phenoxy) is 1. The van der Waals surface area contributed by atoms with E-state index in [4.69, 9.17) is 10.5 Å². The smallest absolute Gasteiger partial charge is 0.351 e. The largest absolute Gasteiger partial charge is 0.396 e. The molecule has 0 aliphatic rings. The van der Waals surface area contributed by atoms with Crippen molar-refractivity contribution < 1.29 is 14.9 Å². The number of aliphatic hydroxyl groups excluding tert-OH is 2. The molecule has 0 radical (unpaired) electrons. The predicted molar refractivity (Wildman–Crippen MR) is 70.4 cm³/mol. The van der Waals surface area contributed by atoms with Crippen molar-refractivity contribution in [2.24, 2.45) is 5.41 Å². The number of rotatable bonds is 6. The van der Waals surface area contributed by atoms with Gasteiger partial charge in [-0.15, -0.1) is 0 Å². The Bertz CT molecular complexity index is 472. The number of nitrogens with two attached hydrogens (primary N) is 1. The monoisotopic (exact) mass is 271 g/mol. The molecular formula is C12H21N3O4. The third-order valence-corrected chi connectivity index (χ3v) is 3.05. The first-order valence-electron chi connectivity index (χ1n) is 6.03. The average Bonchev–Trinajstić information content (AvgIpc) is 2.35. The fourth-order valence-corrected chi connectivity index (χ4v) is 1.58. The quantitative estimate of drug-likeness (QED) is 0.657. The average molecular weight is 271 g/mol. The minimum Gasteiger partial charge on any atom is -0.396 e. The molecule has 2 atom stereocenters. The van der Waals surface area contributed by atoms with Gasteiger partial charge in [0.15, 0.2) is 0 Å². The van der Waals surface area contributed by atoms with Gasteiger partial charge in [-0.05, 0) is 13.0 Å². The van der Waals surface area contributed by atoms with Crippen molar-refractivity contribution in [1.29, 1.82) is 0 Å². The van der Waals surface area contributed by atoms with E-state index in [1.54, 1.807) is 20.8 Å². The third kappa shape index (κ3) is 3.76. The molecule has 0 aliphatic carbocycles. The molecule has 1 unspecified atom stereocenters. The van der Waals surface area contributed by atoms with Crippen LogP contribution in [0.2, 0.25) is 0 Å². The maximum atomic E-state index is 11.7. The molecule has 4 N–H and O–H groups in total. The minimum absolute atomic E-state index is 0.139. The van der Waals surface area contributed by atoms with Gasteiger partial charge >= 0.3 is 5.69 Å². The molecule has 0 bridgehead atoms. The lowest BCUT2D eigenvalue weighted by Crippen LogP contribution is -2.40. The Balaban J connectivity index is 2.89. The molecule has 7 heteroatoms. The minimum atomic E-state index is -0.622. The zero-order valence-electron chi connectivity index (χ0n) is 11.4. The molecule has 1 aromatic heterocycles. The Labute approximate surface area is 111 Å². The molecule has 0 spiro atoms. The van der Waals surface area contributed by atoms with E-state index in [1.807, 2.05) is 0 Å². The number of hydrogen-bond acceptors (Lipinski definition) is 6. The Kier molecular flexibility index (Phi) is 5.04. The summed E-state index contributed by atoms with van der Waals surface area (Å²) in [5.41, 5.74) is 4.27. The van der Waals surface area contributed by atoms with Crippen LogP contribution in [0.5, 0.6) is 0 Å². The van der Waals surface area contributed by atoms with Crippen LogP contribution < -0.4 is 11.4 Å². The van der Waals surface area contributed by atoms with Gasteiger partial charge in [-0.2, -0.15) is 4.98 Å². The fourth-order valence-electron chi connectivity index (χ4n) is 1.58. The van der Waals surface area contributed by atoms with Crippen LogP contribution in [-0.4, -0.2) is 39.1 Å². The lowest BCUT2D eigenvalue weighted by atomic mass is 9.88. The van der Waals surface area contributed by atoms with E-state index in [2.05, 4.69) is 4.98 Å². The van der Waals surface area contributed by atoms with Gasteiger partial charge in [-0.25, -0.2) is 4.79 Å². The van der Waals surface area contributed by atoms with E-state index < -0.39 is 23.4 Å².